The van der Waals surface area contributed by atoms with Crippen molar-refractivity contribution in [3.8, 4) is 5.75 Å². The number of likely N-dealkylation sites (tertiary alicyclic amines) is 1. The van der Waals surface area contributed by atoms with E-state index in [2.05, 4.69) is 17.3 Å². The molecule has 1 aliphatic heterocycles. The zero-order valence-electron chi connectivity index (χ0n) is 12.7. The molecule has 0 radical (unpaired) electrons. The third kappa shape index (κ3) is 4.41. The molecule has 1 atom stereocenters. The molecule has 0 amide bonds. The van der Waals surface area contributed by atoms with Gasteiger partial charge in [-0.05, 0) is 45.0 Å². The Kier molecular flexibility index (Phi) is 5.52. The van der Waals surface area contributed by atoms with Crippen LogP contribution in [0.25, 0.3) is 0 Å². The molecule has 0 saturated carbocycles. The zero-order valence-corrected chi connectivity index (χ0v) is 12.7. The predicted molar refractivity (Wildman–Crippen MR) is 81.6 cm³/mol. The third-order valence-electron chi connectivity index (χ3n) is 3.95. The number of non-ortho nitro benzene ring substituents is 1. The molecule has 1 aromatic rings. The van der Waals surface area contributed by atoms with Crippen molar-refractivity contribution < 1.29 is 9.66 Å². The number of methoxy groups -OCH3 is 1. The first kappa shape index (κ1) is 15.7. The van der Waals surface area contributed by atoms with Gasteiger partial charge in [0.2, 0.25) is 0 Å². The molecule has 1 heterocycles. The first-order valence-corrected chi connectivity index (χ1v) is 7.30. The second-order valence-electron chi connectivity index (χ2n) is 5.65. The maximum Gasteiger partial charge on any atom is 0.270 e. The number of nitrogens with one attached hydrogen (secondary N) is 1. The van der Waals surface area contributed by atoms with Crippen molar-refractivity contribution in [2.45, 2.75) is 19.4 Å². The normalized spacial score (nSPS) is 19.4. The van der Waals surface area contributed by atoms with Crippen molar-refractivity contribution in [1.29, 1.82) is 0 Å². The molecule has 21 heavy (non-hydrogen) atoms. The van der Waals surface area contributed by atoms with E-state index in [1.165, 1.54) is 25.5 Å². The average molecular weight is 293 g/mol. The Labute approximate surface area is 125 Å². The molecule has 1 N–H and O–H groups in total. The van der Waals surface area contributed by atoms with Crippen LogP contribution in [0.5, 0.6) is 5.75 Å². The van der Waals surface area contributed by atoms with Gasteiger partial charge < -0.3 is 15.0 Å². The summed E-state index contributed by atoms with van der Waals surface area (Å²) in [5.74, 6) is 1.34. The molecule has 2 rings (SSSR count). The predicted octanol–water partition coefficient (Wildman–Crippen LogP) is 2.03. The molecule has 1 aromatic carbocycles. The van der Waals surface area contributed by atoms with Crippen molar-refractivity contribution in [1.82, 2.24) is 10.2 Å². The fraction of sp³-hybridized carbons (Fsp3) is 0.600. The Balaban J connectivity index is 1.92. The van der Waals surface area contributed by atoms with Crippen LogP contribution in [0.2, 0.25) is 0 Å². The van der Waals surface area contributed by atoms with E-state index in [-0.39, 0.29) is 10.6 Å². The lowest BCUT2D eigenvalue weighted by molar-refractivity contribution is -0.384. The largest absolute Gasteiger partial charge is 0.496 e. The molecule has 0 bridgehead atoms. The van der Waals surface area contributed by atoms with Crippen LogP contribution < -0.4 is 10.1 Å². The first-order chi connectivity index (χ1) is 10.1. The highest BCUT2D eigenvalue weighted by molar-refractivity contribution is 5.43. The average Bonchev–Trinajstić information content (AvgIpc) is 2.47. The topological polar surface area (TPSA) is 67.6 Å². The van der Waals surface area contributed by atoms with Gasteiger partial charge in [0.05, 0.1) is 12.0 Å². The van der Waals surface area contributed by atoms with Crippen molar-refractivity contribution in [3.05, 3.63) is 33.9 Å². The Morgan fingerprint density at radius 1 is 1.52 bits per heavy atom. The van der Waals surface area contributed by atoms with Crippen molar-refractivity contribution in [2.24, 2.45) is 5.92 Å². The Bertz CT molecular complexity index is 493. The maximum atomic E-state index is 10.8. The molecule has 0 aromatic heterocycles. The van der Waals surface area contributed by atoms with Gasteiger partial charge in [0, 0.05) is 30.8 Å². The van der Waals surface area contributed by atoms with Crippen LogP contribution in [-0.4, -0.2) is 43.6 Å². The van der Waals surface area contributed by atoms with E-state index in [1.54, 1.807) is 19.2 Å². The quantitative estimate of drug-likeness (QED) is 0.642. The summed E-state index contributed by atoms with van der Waals surface area (Å²) in [5.41, 5.74) is 0.931. The minimum absolute atomic E-state index is 0.102. The van der Waals surface area contributed by atoms with Crippen LogP contribution in [-0.2, 0) is 6.54 Å². The lowest BCUT2D eigenvalue weighted by Gasteiger charge is -2.29. The summed E-state index contributed by atoms with van der Waals surface area (Å²) in [6.45, 7) is 3.80. The minimum atomic E-state index is -0.376. The second-order valence-corrected chi connectivity index (χ2v) is 5.65. The monoisotopic (exact) mass is 293 g/mol. The lowest BCUT2D eigenvalue weighted by atomic mass is 9.98. The van der Waals surface area contributed by atoms with Gasteiger partial charge in [0.15, 0.2) is 0 Å². The highest BCUT2D eigenvalue weighted by atomic mass is 16.6. The summed E-state index contributed by atoms with van der Waals surface area (Å²) >= 11 is 0. The van der Waals surface area contributed by atoms with Crippen LogP contribution >= 0.6 is 0 Å². The summed E-state index contributed by atoms with van der Waals surface area (Å²) in [6.07, 6.45) is 2.48. The van der Waals surface area contributed by atoms with Gasteiger partial charge in [0.25, 0.3) is 5.69 Å². The molecule has 6 nitrogen and oxygen atoms in total. The number of ether oxygens (including phenoxy) is 1. The SMILES string of the molecule is COc1ccc([N+](=O)[O-])cc1CNCC1CCCN(C)C1. The molecule has 0 spiro atoms. The molecule has 1 unspecified atom stereocenters. The third-order valence-corrected chi connectivity index (χ3v) is 3.95. The number of hydrogen-bond donors (Lipinski definition) is 1. The van der Waals surface area contributed by atoms with Crippen LogP contribution in [0.3, 0.4) is 0 Å². The van der Waals surface area contributed by atoms with E-state index in [0.717, 1.165) is 18.7 Å². The Morgan fingerprint density at radius 3 is 3.00 bits per heavy atom. The van der Waals surface area contributed by atoms with Crippen LogP contribution in [0.4, 0.5) is 5.69 Å². The van der Waals surface area contributed by atoms with Crippen molar-refractivity contribution >= 4 is 5.69 Å². The molecular weight excluding hydrogens is 270 g/mol. The molecular formula is C15H23N3O3. The smallest absolute Gasteiger partial charge is 0.270 e. The van der Waals surface area contributed by atoms with Crippen molar-refractivity contribution in [3.63, 3.8) is 0 Å². The van der Waals surface area contributed by atoms with Crippen LogP contribution in [0.1, 0.15) is 18.4 Å². The standard InChI is InChI=1S/C15H23N3O3/c1-17-7-3-4-12(11-17)9-16-10-13-8-14(18(19)20)5-6-15(13)21-2/h5-6,8,12,16H,3-4,7,9-11H2,1-2H3. The number of nitro benzene ring substituents is 1. The van der Waals surface area contributed by atoms with Gasteiger partial charge in [0.1, 0.15) is 5.75 Å². The van der Waals surface area contributed by atoms with E-state index < -0.39 is 0 Å². The summed E-state index contributed by atoms with van der Waals surface area (Å²) in [5, 5.41) is 14.3. The number of nitrogens with zero attached hydrogens (tertiary/aromatic N) is 2. The Hall–Kier alpha value is -1.66. The second kappa shape index (κ2) is 7.38. The number of piperidine rings is 1. The Morgan fingerprint density at radius 2 is 2.33 bits per heavy atom. The number of rotatable bonds is 6. The first-order valence-electron chi connectivity index (χ1n) is 7.30. The fourth-order valence-electron chi connectivity index (χ4n) is 2.87. The van der Waals surface area contributed by atoms with Gasteiger partial charge in [-0.2, -0.15) is 0 Å². The number of nitro groups is 1. The van der Waals surface area contributed by atoms with Gasteiger partial charge in [-0.1, -0.05) is 0 Å². The van der Waals surface area contributed by atoms with E-state index >= 15 is 0 Å². The number of benzene rings is 1. The van der Waals surface area contributed by atoms with Crippen LogP contribution in [0.15, 0.2) is 18.2 Å². The minimum Gasteiger partial charge on any atom is -0.496 e. The fourth-order valence-corrected chi connectivity index (χ4v) is 2.87. The zero-order chi connectivity index (χ0) is 15.2. The van der Waals surface area contributed by atoms with Gasteiger partial charge >= 0.3 is 0 Å². The highest BCUT2D eigenvalue weighted by Gasteiger charge is 2.17. The molecule has 1 saturated heterocycles. The number of hydrogen-bond acceptors (Lipinski definition) is 5. The van der Waals surface area contributed by atoms with Gasteiger partial charge in [-0.3, -0.25) is 10.1 Å². The molecule has 6 heteroatoms. The van der Waals surface area contributed by atoms with E-state index in [0.29, 0.717) is 18.2 Å². The van der Waals surface area contributed by atoms with Crippen molar-refractivity contribution in [2.75, 3.05) is 33.8 Å². The molecule has 116 valence electrons. The molecule has 1 fully saturated rings. The van der Waals surface area contributed by atoms with Crippen LogP contribution in [0, 0.1) is 16.0 Å². The molecule has 1 aliphatic rings. The summed E-state index contributed by atoms with van der Waals surface area (Å²) in [7, 11) is 3.73. The summed E-state index contributed by atoms with van der Waals surface area (Å²) < 4.78 is 5.27. The summed E-state index contributed by atoms with van der Waals surface area (Å²) in [6, 6.07) is 4.71. The van der Waals surface area contributed by atoms with E-state index in [9.17, 15) is 10.1 Å². The van der Waals surface area contributed by atoms with Gasteiger partial charge in [-0.15, -0.1) is 0 Å². The van der Waals surface area contributed by atoms with Gasteiger partial charge in [-0.25, -0.2) is 0 Å². The highest BCUT2D eigenvalue weighted by Crippen LogP contribution is 2.24. The lowest BCUT2D eigenvalue weighted by Crippen LogP contribution is -2.37. The summed E-state index contributed by atoms with van der Waals surface area (Å²) in [4.78, 5) is 12.8. The maximum absolute atomic E-state index is 10.8. The van der Waals surface area contributed by atoms with E-state index in [4.69, 9.17) is 4.74 Å². The molecule has 0 aliphatic carbocycles. The van der Waals surface area contributed by atoms with E-state index in [1.807, 2.05) is 0 Å².